The number of pyridine rings is 2. The summed E-state index contributed by atoms with van der Waals surface area (Å²) in [5.74, 6) is -17.4. The van der Waals surface area contributed by atoms with Crippen molar-refractivity contribution in [2.45, 2.75) is 26.2 Å². The van der Waals surface area contributed by atoms with Gasteiger partial charge in [0.15, 0.2) is 23.3 Å². The normalized spacial score (nSPS) is 15.8. The van der Waals surface area contributed by atoms with E-state index in [1.165, 1.54) is 6.07 Å². The molecular weight excluding hydrogens is 632 g/mol. The minimum absolute atomic E-state index is 0.0822. The summed E-state index contributed by atoms with van der Waals surface area (Å²) in [5.41, 5.74) is -13.2. The van der Waals surface area contributed by atoms with Crippen LogP contribution in [0.4, 0.5) is 61.5 Å². The maximum atomic E-state index is 14.6. The van der Waals surface area contributed by atoms with Gasteiger partial charge in [0.05, 0.1) is 27.8 Å². The fraction of sp³-hybridized carbons (Fsp3) is 0.148. The molecule has 0 N–H and O–H groups in total. The maximum absolute atomic E-state index is 14.6. The first-order valence-corrected chi connectivity index (χ1v) is 11.5. The Hall–Kier alpha value is -4.75. The van der Waals surface area contributed by atoms with Crippen molar-refractivity contribution in [1.82, 2.24) is 9.97 Å². The quantitative estimate of drug-likeness (QED) is 0.163. The summed E-state index contributed by atoms with van der Waals surface area (Å²) in [6.45, 7) is 1.44. The number of halogens is 14. The van der Waals surface area contributed by atoms with Crippen LogP contribution in [0.2, 0.25) is 0 Å². The van der Waals surface area contributed by atoms with Gasteiger partial charge in [-0.15, -0.1) is 0 Å². The van der Waals surface area contributed by atoms with E-state index in [2.05, 4.69) is 9.97 Å². The van der Waals surface area contributed by atoms with Gasteiger partial charge in [-0.05, 0) is 59.9 Å². The number of aromatic nitrogens is 2. The molecule has 1 saturated carbocycles. The van der Waals surface area contributed by atoms with E-state index in [1.807, 2.05) is 0 Å². The highest BCUT2D eigenvalue weighted by Gasteiger charge is 2.43. The lowest BCUT2D eigenvalue weighted by Gasteiger charge is -2.14. The molecule has 2 aromatic heterocycles. The van der Waals surface area contributed by atoms with Gasteiger partial charge in [0.25, 0.3) is 23.8 Å². The zero-order valence-corrected chi connectivity index (χ0v) is 21.4. The van der Waals surface area contributed by atoms with Crippen LogP contribution in [0.5, 0.6) is 0 Å². The zero-order chi connectivity index (χ0) is 33.2. The zero-order valence-electron chi connectivity index (χ0n) is 21.4. The number of hydrogen-bond acceptors (Lipinski definition) is 3. The van der Waals surface area contributed by atoms with Crippen molar-refractivity contribution in [3.63, 3.8) is 0 Å². The Labute approximate surface area is 236 Å². The first-order valence-electron chi connectivity index (χ1n) is 11.5. The molecule has 0 unspecified atom stereocenters. The number of rotatable bonds is 3. The van der Waals surface area contributed by atoms with Crippen molar-refractivity contribution in [2.24, 2.45) is 0 Å². The lowest BCUT2D eigenvalue weighted by molar-refractivity contribution is -0.143. The Morgan fingerprint density at radius 2 is 0.886 bits per heavy atom. The first kappa shape index (κ1) is 32.2. The number of alkyl halides is 6. The average Bonchev–Trinajstić information content (AvgIpc) is 3.65. The van der Waals surface area contributed by atoms with Crippen LogP contribution >= 0.6 is 0 Å². The van der Waals surface area contributed by atoms with Gasteiger partial charge in [0, 0.05) is 5.57 Å². The third-order valence-corrected chi connectivity index (χ3v) is 6.42. The molecule has 0 bridgehead atoms. The molecular formula is C27H9F14N3. The molecule has 2 heterocycles. The van der Waals surface area contributed by atoms with Crippen molar-refractivity contribution in [1.29, 1.82) is 5.26 Å². The third kappa shape index (κ3) is 5.40. The summed E-state index contributed by atoms with van der Waals surface area (Å²) in [6.07, 6.45) is -10.8. The van der Waals surface area contributed by atoms with E-state index >= 15 is 0 Å². The molecule has 3 nitrogen and oxygen atoms in total. The molecule has 1 fully saturated rings. The van der Waals surface area contributed by atoms with Gasteiger partial charge < -0.3 is 0 Å². The Morgan fingerprint density at radius 1 is 0.568 bits per heavy atom. The van der Waals surface area contributed by atoms with Crippen LogP contribution in [0.3, 0.4) is 0 Å². The van der Waals surface area contributed by atoms with Crippen molar-refractivity contribution in [3.05, 3.63) is 110 Å². The van der Waals surface area contributed by atoms with Crippen LogP contribution in [0, 0.1) is 58.4 Å². The predicted octanol–water partition coefficient (Wildman–Crippen LogP) is 8.87. The molecule has 17 heteroatoms. The van der Waals surface area contributed by atoms with E-state index in [9.17, 15) is 66.7 Å². The topological polar surface area (TPSA) is 49.6 Å². The van der Waals surface area contributed by atoms with Crippen molar-refractivity contribution in [3.8, 4) is 6.07 Å². The summed E-state index contributed by atoms with van der Waals surface area (Å²) in [4.78, 5) is 4.68. The highest BCUT2D eigenvalue weighted by Crippen LogP contribution is 2.57. The van der Waals surface area contributed by atoms with Crippen LogP contribution in [0.25, 0.3) is 16.7 Å². The highest BCUT2D eigenvalue weighted by molar-refractivity contribution is 6.08. The van der Waals surface area contributed by atoms with E-state index in [-0.39, 0.29) is 18.2 Å². The second-order valence-electron chi connectivity index (χ2n) is 9.05. The van der Waals surface area contributed by atoms with Crippen LogP contribution in [0.15, 0.2) is 34.9 Å². The van der Waals surface area contributed by atoms with Gasteiger partial charge in [-0.1, -0.05) is 0 Å². The smallest absolute Gasteiger partial charge is 0.201 e. The summed E-state index contributed by atoms with van der Waals surface area (Å²) in [7, 11) is 0. The van der Waals surface area contributed by atoms with Gasteiger partial charge in [0.2, 0.25) is 0 Å². The molecule has 1 aliphatic rings. The summed E-state index contributed by atoms with van der Waals surface area (Å²) in [6, 6.07) is 1.17. The van der Waals surface area contributed by atoms with Gasteiger partial charge in [0.1, 0.15) is 6.07 Å². The molecule has 1 aliphatic carbocycles. The van der Waals surface area contributed by atoms with E-state index < -0.39 is 121 Å². The van der Waals surface area contributed by atoms with E-state index in [0.717, 1.165) is 13.8 Å². The largest absolute Gasteiger partial charge is 0.416 e. The molecule has 230 valence electrons. The Bertz CT molecular complexity index is 1720. The summed E-state index contributed by atoms with van der Waals surface area (Å²) >= 11 is 0. The van der Waals surface area contributed by atoms with Gasteiger partial charge in [-0.3, -0.25) is 0 Å². The lowest BCUT2D eigenvalue weighted by atomic mass is 9.98. The monoisotopic (exact) mass is 641 g/mol. The fourth-order valence-electron chi connectivity index (χ4n) is 4.43. The molecule has 4 rings (SSSR count). The Balaban J connectivity index is 2.21. The highest BCUT2D eigenvalue weighted by atomic mass is 19.4. The SMILES string of the molecule is CC(=C1C(=C(C#N)c2cc(C(F)(F)F)cc(C(F)(F)F)c2)C1=C(C)c1c(F)c(F)nc(F)c1F)c1c(F)c(F)nc(F)c1F. The summed E-state index contributed by atoms with van der Waals surface area (Å²) in [5, 5.41) is 9.84. The molecule has 0 spiro atoms. The molecule has 1 aromatic carbocycles. The average molecular weight is 641 g/mol. The van der Waals surface area contributed by atoms with Crippen molar-refractivity contribution >= 4 is 16.7 Å². The molecule has 0 amide bonds. The minimum Gasteiger partial charge on any atom is -0.201 e. The molecule has 0 aliphatic heterocycles. The van der Waals surface area contributed by atoms with Crippen LogP contribution in [0.1, 0.15) is 41.7 Å². The van der Waals surface area contributed by atoms with E-state index in [4.69, 9.17) is 0 Å². The molecule has 0 saturated heterocycles. The molecule has 44 heavy (non-hydrogen) atoms. The van der Waals surface area contributed by atoms with Gasteiger partial charge in [-0.2, -0.15) is 59.1 Å². The predicted molar refractivity (Wildman–Crippen MR) is 122 cm³/mol. The van der Waals surface area contributed by atoms with Crippen LogP contribution < -0.4 is 0 Å². The fourth-order valence-corrected chi connectivity index (χ4v) is 4.43. The second-order valence-corrected chi connectivity index (χ2v) is 9.05. The summed E-state index contributed by atoms with van der Waals surface area (Å²) < 4.78 is 195. The van der Waals surface area contributed by atoms with Crippen molar-refractivity contribution < 1.29 is 61.5 Å². The van der Waals surface area contributed by atoms with Crippen molar-refractivity contribution in [2.75, 3.05) is 0 Å². The Kier molecular flexibility index (Phi) is 7.86. The number of nitrogens with zero attached hydrogens (tertiary/aromatic N) is 3. The Morgan fingerprint density at radius 3 is 1.16 bits per heavy atom. The number of hydrogen-bond donors (Lipinski definition) is 0. The van der Waals surface area contributed by atoms with Crippen LogP contribution in [-0.2, 0) is 12.4 Å². The molecule has 0 atom stereocenters. The van der Waals surface area contributed by atoms with E-state index in [0.29, 0.717) is 0 Å². The standard InChI is InChI=1S/C27H9F14N3/c1-7(15-18(28)22(32)43-23(33)19(15)29)13-14(8(2)16-20(30)24(34)44-25(35)21(16)31)17(13)12(6-42)9-3-10(26(36,37)38)5-11(4-9)27(39,40)41/h3-5H,1-2H3. The second kappa shape index (κ2) is 10.8. The van der Waals surface area contributed by atoms with Crippen LogP contribution in [-0.4, -0.2) is 9.97 Å². The van der Waals surface area contributed by atoms with E-state index in [1.54, 1.807) is 0 Å². The van der Waals surface area contributed by atoms with Gasteiger partial charge >= 0.3 is 12.4 Å². The maximum Gasteiger partial charge on any atom is 0.416 e. The molecule has 0 radical (unpaired) electrons. The number of benzene rings is 1. The van der Waals surface area contributed by atoms with Gasteiger partial charge in [-0.25, -0.2) is 17.6 Å². The molecule has 3 aromatic rings. The number of nitriles is 1. The number of allylic oxidation sites excluding steroid dienone is 6. The third-order valence-electron chi connectivity index (χ3n) is 6.42. The lowest BCUT2D eigenvalue weighted by Crippen LogP contribution is -2.11. The first-order chi connectivity index (χ1) is 20.2. The minimum atomic E-state index is -5.41.